The predicted molar refractivity (Wildman–Crippen MR) is 104 cm³/mol. The number of hydrogen-bond acceptors (Lipinski definition) is 6. The molecule has 2 aromatic carbocycles. The van der Waals surface area contributed by atoms with Gasteiger partial charge in [-0.1, -0.05) is 34.1 Å². The van der Waals surface area contributed by atoms with Crippen LogP contribution >= 0.6 is 31.9 Å². The molecule has 2 N–H and O–H groups in total. The maximum atomic E-state index is 11.6. The van der Waals surface area contributed by atoms with Crippen molar-refractivity contribution in [2.24, 2.45) is 0 Å². The average Bonchev–Trinajstić information content (AvgIpc) is 2.57. The van der Waals surface area contributed by atoms with Crippen LogP contribution in [0.4, 0.5) is 28.7 Å². The zero-order chi connectivity index (χ0) is 17.8. The van der Waals surface area contributed by atoms with Crippen LogP contribution in [0.25, 0.3) is 0 Å². The molecule has 3 aromatic rings. The number of para-hydroxylation sites is 1. The summed E-state index contributed by atoms with van der Waals surface area (Å²) in [5, 5.41) is 17.5. The van der Waals surface area contributed by atoms with Gasteiger partial charge in [0, 0.05) is 14.6 Å². The molecule has 0 saturated heterocycles. The standard InChI is InChI=1S/C16H11Br2N5O2/c17-10-4-3-5-11(8-10)21-15-14(23(24)25)16(20-9-19-15)22-13-7-2-1-6-12(13)18/h1-9H,(H2,19,20,21,22). The lowest BCUT2D eigenvalue weighted by atomic mass is 10.3. The first-order valence-corrected chi connectivity index (χ1v) is 8.67. The van der Waals surface area contributed by atoms with Crippen molar-refractivity contribution in [3.8, 4) is 0 Å². The first-order valence-electron chi connectivity index (χ1n) is 7.08. The second-order valence-corrected chi connectivity index (χ2v) is 6.69. The number of nitrogens with one attached hydrogen (secondary N) is 2. The lowest BCUT2D eigenvalue weighted by Gasteiger charge is -2.11. The molecule has 0 amide bonds. The van der Waals surface area contributed by atoms with Crippen molar-refractivity contribution in [1.29, 1.82) is 0 Å². The van der Waals surface area contributed by atoms with Gasteiger partial charge >= 0.3 is 5.69 Å². The summed E-state index contributed by atoms with van der Waals surface area (Å²) in [4.78, 5) is 19.1. The van der Waals surface area contributed by atoms with E-state index in [0.29, 0.717) is 11.4 Å². The van der Waals surface area contributed by atoms with Gasteiger partial charge in [0.1, 0.15) is 6.33 Å². The normalized spacial score (nSPS) is 10.3. The molecule has 0 saturated carbocycles. The summed E-state index contributed by atoms with van der Waals surface area (Å²) in [5.41, 5.74) is 1.10. The fourth-order valence-electron chi connectivity index (χ4n) is 2.13. The van der Waals surface area contributed by atoms with Crippen molar-refractivity contribution in [3.05, 3.63) is 73.9 Å². The number of anilines is 4. The van der Waals surface area contributed by atoms with Crippen LogP contribution in [-0.4, -0.2) is 14.9 Å². The molecule has 0 aliphatic carbocycles. The highest BCUT2D eigenvalue weighted by Crippen LogP contribution is 2.34. The van der Waals surface area contributed by atoms with E-state index in [1.54, 1.807) is 18.2 Å². The van der Waals surface area contributed by atoms with Crippen molar-refractivity contribution in [3.63, 3.8) is 0 Å². The Balaban J connectivity index is 2.00. The van der Waals surface area contributed by atoms with Gasteiger partial charge in [0.25, 0.3) is 0 Å². The van der Waals surface area contributed by atoms with Crippen LogP contribution < -0.4 is 10.6 Å². The Morgan fingerprint density at radius 1 is 0.960 bits per heavy atom. The van der Waals surface area contributed by atoms with Crippen LogP contribution in [0.3, 0.4) is 0 Å². The Labute approximate surface area is 159 Å². The lowest BCUT2D eigenvalue weighted by Crippen LogP contribution is -2.05. The highest BCUT2D eigenvalue weighted by atomic mass is 79.9. The SMILES string of the molecule is O=[N+]([O-])c1c(Nc2cccc(Br)c2)ncnc1Nc1ccccc1Br. The highest BCUT2D eigenvalue weighted by molar-refractivity contribution is 9.10. The third-order valence-electron chi connectivity index (χ3n) is 3.22. The van der Waals surface area contributed by atoms with Crippen LogP contribution in [0.2, 0.25) is 0 Å². The van der Waals surface area contributed by atoms with E-state index in [1.807, 2.05) is 30.3 Å². The van der Waals surface area contributed by atoms with Gasteiger partial charge in [-0.05, 0) is 46.3 Å². The second kappa shape index (κ2) is 7.58. The number of nitro groups is 1. The second-order valence-electron chi connectivity index (χ2n) is 4.92. The molecule has 7 nitrogen and oxygen atoms in total. The monoisotopic (exact) mass is 463 g/mol. The van der Waals surface area contributed by atoms with Crippen molar-refractivity contribution in [2.45, 2.75) is 0 Å². The zero-order valence-corrected chi connectivity index (χ0v) is 15.8. The van der Waals surface area contributed by atoms with Gasteiger partial charge < -0.3 is 10.6 Å². The van der Waals surface area contributed by atoms with E-state index in [0.717, 1.165) is 8.95 Å². The van der Waals surface area contributed by atoms with Crippen LogP contribution in [-0.2, 0) is 0 Å². The Bertz CT molecular complexity index is 936. The molecule has 0 unspecified atom stereocenters. The number of rotatable bonds is 5. The number of nitrogens with zero attached hydrogens (tertiary/aromatic N) is 3. The largest absolute Gasteiger partial charge is 0.353 e. The minimum Gasteiger partial charge on any atom is -0.334 e. The van der Waals surface area contributed by atoms with E-state index in [-0.39, 0.29) is 17.3 Å². The molecule has 0 aliphatic heterocycles. The maximum absolute atomic E-state index is 11.6. The van der Waals surface area contributed by atoms with E-state index < -0.39 is 4.92 Å². The molecule has 1 aromatic heterocycles. The topological polar surface area (TPSA) is 93.0 Å². The Morgan fingerprint density at radius 2 is 1.68 bits per heavy atom. The van der Waals surface area contributed by atoms with Gasteiger partial charge in [-0.3, -0.25) is 10.1 Å². The molecule has 0 bridgehead atoms. The number of hydrogen-bond donors (Lipinski definition) is 2. The number of halogens is 2. The molecule has 0 spiro atoms. The summed E-state index contributed by atoms with van der Waals surface area (Å²) < 4.78 is 1.62. The van der Waals surface area contributed by atoms with Gasteiger partial charge in [-0.15, -0.1) is 0 Å². The predicted octanol–water partition coefficient (Wildman–Crippen LogP) is 5.40. The highest BCUT2D eigenvalue weighted by Gasteiger charge is 2.23. The lowest BCUT2D eigenvalue weighted by molar-refractivity contribution is -0.383. The van der Waals surface area contributed by atoms with Crippen LogP contribution in [0.5, 0.6) is 0 Å². The minimum atomic E-state index is -0.514. The maximum Gasteiger partial charge on any atom is 0.353 e. The van der Waals surface area contributed by atoms with Gasteiger partial charge in [-0.2, -0.15) is 0 Å². The molecule has 0 atom stereocenters. The van der Waals surface area contributed by atoms with Gasteiger partial charge in [0.2, 0.25) is 11.6 Å². The summed E-state index contributed by atoms with van der Waals surface area (Å²) in [6, 6.07) is 14.6. The molecular weight excluding hydrogens is 454 g/mol. The fraction of sp³-hybridized carbons (Fsp3) is 0. The Hall–Kier alpha value is -2.52. The van der Waals surface area contributed by atoms with Crippen molar-refractivity contribution in [1.82, 2.24) is 9.97 Å². The Morgan fingerprint density at radius 3 is 2.36 bits per heavy atom. The van der Waals surface area contributed by atoms with Gasteiger partial charge in [0.15, 0.2) is 0 Å². The summed E-state index contributed by atoms with van der Waals surface area (Å²) in [7, 11) is 0. The first-order chi connectivity index (χ1) is 12.0. The van der Waals surface area contributed by atoms with Gasteiger partial charge in [-0.25, -0.2) is 9.97 Å². The van der Waals surface area contributed by atoms with Crippen LogP contribution in [0.1, 0.15) is 0 Å². The quantitative estimate of drug-likeness (QED) is 0.388. The van der Waals surface area contributed by atoms with Gasteiger partial charge in [0.05, 0.1) is 10.6 Å². The van der Waals surface area contributed by atoms with E-state index in [1.165, 1.54) is 6.33 Å². The molecule has 9 heteroatoms. The van der Waals surface area contributed by atoms with E-state index in [4.69, 9.17) is 0 Å². The third kappa shape index (κ3) is 4.12. The zero-order valence-electron chi connectivity index (χ0n) is 12.6. The summed E-state index contributed by atoms with van der Waals surface area (Å²) in [6.45, 7) is 0. The van der Waals surface area contributed by atoms with E-state index in [9.17, 15) is 10.1 Å². The van der Waals surface area contributed by atoms with Crippen molar-refractivity contribution < 1.29 is 4.92 Å². The van der Waals surface area contributed by atoms with Crippen LogP contribution in [0, 0.1) is 10.1 Å². The molecular formula is C16H11Br2N5O2. The van der Waals surface area contributed by atoms with E-state index >= 15 is 0 Å². The minimum absolute atomic E-state index is 0.101. The molecule has 1 heterocycles. The fourth-order valence-corrected chi connectivity index (χ4v) is 2.91. The molecule has 0 radical (unpaired) electrons. The third-order valence-corrected chi connectivity index (χ3v) is 4.40. The van der Waals surface area contributed by atoms with Crippen LogP contribution in [0.15, 0.2) is 63.8 Å². The molecule has 3 rings (SSSR count). The summed E-state index contributed by atoms with van der Waals surface area (Å²) in [6.07, 6.45) is 1.27. The summed E-state index contributed by atoms with van der Waals surface area (Å²) in [5.74, 6) is 0.206. The molecule has 126 valence electrons. The van der Waals surface area contributed by atoms with Crippen molar-refractivity contribution >= 4 is 60.6 Å². The Kier molecular flexibility index (Phi) is 5.25. The van der Waals surface area contributed by atoms with Crippen molar-refractivity contribution in [2.75, 3.05) is 10.6 Å². The smallest absolute Gasteiger partial charge is 0.334 e. The van der Waals surface area contributed by atoms with E-state index in [2.05, 4.69) is 52.5 Å². The molecule has 0 aliphatic rings. The summed E-state index contributed by atoms with van der Waals surface area (Å²) >= 11 is 6.76. The number of benzene rings is 2. The molecule has 25 heavy (non-hydrogen) atoms. The first kappa shape index (κ1) is 17.3. The average molecular weight is 465 g/mol. The molecule has 0 fully saturated rings. The number of aromatic nitrogens is 2.